The largest absolute Gasteiger partial charge is 0.280 e. The van der Waals surface area contributed by atoms with E-state index in [1.807, 2.05) is 36.7 Å². The molecular weight excluding hydrogens is 368 g/mol. The van der Waals surface area contributed by atoms with Crippen LogP contribution in [0.25, 0.3) is 0 Å². The van der Waals surface area contributed by atoms with Gasteiger partial charge in [0.1, 0.15) is 0 Å². The van der Waals surface area contributed by atoms with Gasteiger partial charge in [-0.15, -0.1) is 0 Å². The van der Waals surface area contributed by atoms with Crippen molar-refractivity contribution in [1.82, 2.24) is 9.78 Å². The highest BCUT2D eigenvalue weighted by atomic mass is 32.2. The molecule has 0 bridgehead atoms. The van der Waals surface area contributed by atoms with Crippen molar-refractivity contribution in [3.8, 4) is 0 Å². The van der Waals surface area contributed by atoms with Gasteiger partial charge in [0.2, 0.25) is 0 Å². The number of rotatable bonds is 6. The van der Waals surface area contributed by atoms with Gasteiger partial charge in [0, 0.05) is 23.5 Å². The maximum absolute atomic E-state index is 12.5. The van der Waals surface area contributed by atoms with E-state index in [0.717, 1.165) is 23.0 Å². The van der Waals surface area contributed by atoms with E-state index in [-0.39, 0.29) is 10.6 Å². The molecule has 1 N–H and O–H groups in total. The number of benzene rings is 2. The molecule has 1 aromatic heterocycles. The first-order valence-corrected chi connectivity index (χ1v) is 9.60. The Morgan fingerprint density at radius 2 is 1.81 bits per heavy atom. The Balaban J connectivity index is 1.76. The molecule has 0 radical (unpaired) electrons. The van der Waals surface area contributed by atoms with Crippen LogP contribution in [0.1, 0.15) is 17.0 Å². The normalized spacial score (nSPS) is 11.3. The molecule has 0 saturated heterocycles. The van der Waals surface area contributed by atoms with Crippen molar-refractivity contribution in [3.63, 3.8) is 0 Å². The number of nitrogens with one attached hydrogen (secondary N) is 1. The maximum Gasteiger partial charge on any atom is 0.270 e. The second-order valence-electron chi connectivity index (χ2n) is 6.14. The lowest BCUT2D eigenvalue weighted by Gasteiger charge is -2.09. The number of non-ortho nitro benzene ring substituents is 1. The molecule has 9 heteroatoms. The van der Waals surface area contributed by atoms with E-state index in [1.54, 1.807) is 12.1 Å². The Bertz CT molecular complexity index is 1090. The number of aromatic nitrogens is 2. The number of aryl methyl sites for hydroxylation is 2. The van der Waals surface area contributed by atoms with Crippen LogP contribution in [0.5, 0.6) is 0 Å². The quantitative estimate of drug-likeness (QED) is 0.517. The molecule has 1 heterocycles. The summed E-state index contributed by atoms with van der Waals surface area (Å²) in [6.45, 7) is 4.48. The zero-order valence-electron chi connectivity index (χ0n) is 14.8. The monoisotopic (exact) mass is 386 g/mol. The van der Waals surface area contributed by atoms with Crippen LogP contribution < -0.4 is 4.72 Å². The molecule has 0 amide bonds. The van der Waals surface area contributed by atoms with Crippen LogP contribution in [0.2, 0.25) is 0 Å². The molecule has 0 atom stereocenters. The van der Waals surface area contributed by atoms with E-state index in [9.17, 15) is 18.5 Å². The number of nitrogens with zero attached hydrogens (tertiary/aromatic N) is 3. The predicted octanol–water partition coefficient (Wildman–Crippen LogP) is 3.26. The Labute approximate surface area is 156 Å². The molecule has 8 nitrogen and oxygen atoms in total. The van der Waals surface area contributed by atoms with Gasteiger partial charge in [-0.1, -0.05) is 18.2 Å². The van der Waals surface area contributed by atoms with Crippen molar-refractivity contribution in [2.75, 3.05) is 4.72 Å². The van der Waals surface area contributed by atoms with Crippen LogP contribution in [-0.4, -0.2) is 23.1 Å². The number of nitro groups is 1. The zero-order chi connectivity index (χ0) is 19.6. The van der Waals surface area contributed by atoms with E-state index in [1.165, 1.54) is 18.2 Å². The molecule has 0 aliphatic carbocycles. The minimum absolute atomic E-state index is 0.164. The van der Waals surface area contributed by atoms with Gasteiger partial charge in [-0.25, -0.2) is 8.42 Å². The summed E-state index contributed by atoms with van der Waals surface area (Å²) in [5.41, 5.74) is 3.05. The van der Waals surface area contributed by atoms with Gasteiger partial charge in [0.25, 0.3) is 15.7 Å². The van der Waals surface area contributed by atoms with Gasteiger partial charge in [0.15, 0.2) is 0 Å². The fraction of sp³-hybridized carbons (Fsp3) is 0.167. The molecule has 0 aliphatic rings. The fourth-order valence-corrected chi connectivity index (χ4v) is 3.76. The number of hydrogen-bond donors (Lipinski definition) is 1. The Kier molecular flexibility index (Phi) is 4.95. The average molecular weight is 386 g/mol. The van der Waals surface area contributed by atoms with Crippen LogP contribution in [0.4, 0.5) is 11.4 Å². The van der Waals surface area contributed by atoms with Gasteiger partial charge in [0.05, 0.1) is 22.1 Å². The van der Waals surface area contributed by atoms with Gasteiger partial charge in [-0.3, -0.25) is 19.5 Å². The van der Waals surface area contributed by atoms with Crippen LogP contribution in [0.15, 0.2) is 59.5 Å². The molecule has 0 fully saturated rings. The lowest BCUT2D eigenvalue weighted by molar-refractivity contribution is -0.385. The second-order valence-corrected chi connectivity index (χ2v) is 7.82. The van der Waals surface area contributed by atoms with Gasteiger partial charge < -0.3 is 0 Å². The summed E-state index contributed by atoms with van der Waals surface area (Å²) in [6, 6.07) is 13.8. The second kappa shape index (κ2) is 7.20. The SMILES string of the molecule is Cc1cc(C)n(Cc2ccc(NS(=O)(=O)c3cccc([N+](=O)[O-])c3)cc2)n1. The Morgan fingerprint density at radius 3 is 2.41 bits per heavy atom. The number of anilines is 1. The third kappa shape index (κ3) is 4.32. The molecule has 0 spiro atoms. The molecule has 0 unspecified atom stereocenters. The summed E-state index contributed by atoms with van der Waals surface area (Å²) < 4.78 is 29.2. The lowest BCUT2D eigenvalue weighted by Crippen LogP contribution is -2.13. The van der Waals surface area contributed by atoms with Gasteiger partial charge >= 0.3 is 0 Å². The summed E-state index contributed by atoms with van der Waals surface area (Å²) >= 11 is 0. The van der Waals surface area contributed by atoms with Crippen molar-refractivity contribution >= 4 is 21.4 Å². The summed E-state index contributed by atoms with van der Waals surface area (Å²) in [6.07, 6.45) is 0. The molecule has 3 rings (SSSR count). The summed E-state index contributed by atoms with van der Waals surface area (Å²) in [5, 5.41) is 15.2. The highest BCUT2D eigenvalue weighted by Crippen LogP contribution is 2.21. The Hall–Kier alpha value is -3.20. The van der Waals surface area contributed by atoms with Gasteiger partial charge in [-0.2, -0.15) is 5.10 Å². The Morgan fingerprint density at radius 1 is 1.11 bits per heavy atom. The molecule has 140 valence electrons. The summed E-state index contributed by atoms with van der Waals surface area (Å²) in [7, 11) is -3.92. The van der Waals surface area contributed by atoms with Crippen LogP contribution >= 0.6 is 0 Å². The number of nitro benzene ring substituents is 1. The molecule has 0 saturated carbocycles. The zero-order valence-corrected chi connectivity index (χ0v) is 15.6. The standard InChI is InChI=1S/C18H18N4O4S/c1-13-10-14(2)21(19-13)12-15-6-8-16(9-7-15)20-27(25,26)18-5-3-4-17(11-18)22(23)24/h3-11,20H,12H2,1-2H3. The van der Waals surface area contributed by atoms with E-state index in [0.29, 0.717) is 12.2 Å². The first-order chi connectivity index (χ1) is 12.7. The third-order valence-electron chi connectivity index (χ3n) is 3.98. The van der Waals surface area contributed by atoms with Crippen molar-refractivity contribution in [2.45, 2.75) is 25.3 Å². The first-order valence-electron chi connectivity index (χ1n) is 8.12. The highest BCUT2D eigenvalue weighted by Gasteiger charge is 2.17. The predicted molar refractivity (Wildman–Crippen MR) is 101 cm³/mol. The van der Waals surface area contributed by atoms with Crippen molar-refractivity contribution in [3.05, 3.63) is 81.7 Å². The van der Waals surface area contributed by atoms with E-state index in [2.05, 4.69) is 9.82 Å². The van der Waals surface area contributed by atoms with E-state index >= 15 is 0 Å². The number of sulfonamides is 1. The molecular formula is C18H18N4O4S. The fourth-order valence-electron chi connectivity index (χ4n) is 2.66. The van der Waals surface area contributed by atoms with E-state index in [4.69, 9.17) is 0 Å². The minimum atomic E-state index is -3.92. The minimum Gasteiger partial charge on any atom is -0.280 e. The van der Waals surface area contributed by atoms with Crippen molar-refractivity contribution in [2.24, 2.45) is 0 Å². The molecule has 2 aromatic carbocycles. The van der Waals surface area contributed by atoms with Crippen LogP contribution in [0, 0.1) is 24.0 Å². The van der Waals surface area contributed by atoms with E-state index < -0.39 is 14.9 Å². The lowest BCUT2D eigenvalue weighted by atomic mass is 10.2. The molecule has 27 heavy (non-hydrogen) atoms. The van der Waals surface area contributed by atoms with Crippen molar-refractivity contribution in [1.29, 1.82) is 0 Å². The summed E-state index contributed by atoms with van der Waals surface area (Å²) in [4.78, 5) is 10.0. The number of hydrogen-bond acceptors (Lipinski definition) is 5. The smallest absolute Gasteiger partial charge is 0.270 e. The summed E-state index contributed by atoms with van der Waals surface area (Å²) in [5.74, 6) is 0. The molecule has 0 aliphatic heterocycles. The van der Waals surface area contributed by atoms with Crippen molar-refractivity contribution < 1.29 is 13.3 Å². The highest BCUT2D eigenvalue weighted by molar-refractivity contribution is 7.92. The van der Waals surface area contributed by atoms with Crippen LogP contribution in [0.3, 0.4) is 0 Å². The maximum atomic E-state index is 12.5. The van der Waals surface area contributed by atoms with Crippen LogP contribution in [-0.2, 0) is 16.6 Å². The molecule has 3 aromatic rings. The van der Waals surface area contributed by atoms with Gasteiger partial charge in [-0.05, 0) is 43.7 Å². The third-order valence-corrected chi connectivity index (χ3v) is 5.36. The average Bonchev–Trinajstić information content (AvgIpc) is 2.93. The topological polar surface area (TPSA) is 107 Å². The first kappa shape index (κ1) is 18.6.